The second kappa shape index (κ2) is 6.48. The van der Waals surface area contributed by atoms with Gasteiger partial charge in [0.15, 0.2) is 0 Å². The van der Waals surface area contributed by atoms with Crippen molar-refractivity contribution in [3.8, 4) is 0 Å². The maximum atomic E-state index is 12.7. The minimum atomic E-state index is -4.49. The number of nitrogens with one attached hydrogen (secondary N) is 1. The van der Waals surface area contributed by atoms with Gasteiger partial charge in [0.2, 0.25) is 0 Å². The van der Waals surface area contributed by atoms with Crippen LogP contribution in [0.1, 0.15) is 45.6 Å². The van der Waals surface area contributed by atoms with Crippen LogP contribution in [0.2, 0.25) is 5.02 Å². The van der Waals surface area contributed by atoms with Gasteiger partial charge in [-0.2, -0.15) is 13.2 Å². The SMILES string of the molecule is CC(C)(C)OC(=O)N1C2CCC1C(Nc1ncc(C(F)(F)F)cc1Cl)C2. The molecule has 2 fully saturated rings. The molecular weight excluding hydrogens is 371 g/mol. The molecule has 2 bridgehead atoms. The standard InChI is InChI=1S/C17H21ClF3N3O2/c1-16(2,3)26-15(25)24-10-4-5-13(24)12(7-10)23-14-11(18)6-9(8-22-14)17(19,20)21/h6,8,10,12-13H,4-5,7H2,1-3H3,(H,22,23). The molecular formula is C17H21ClF3N3O2. The molecule has 0 spiro atoms. The Morgan fingerprint density at radius 3 is 2.62 bits per heavy atom. The second-order valence-electron chi connectivity index (χ2n) is 7.72. The molecule has 1 N–H and O–H groups in total. The summed E-state index contributed by atoms with van der Waals surface area (Å²) in [6.45, 7) is 5.43. The van der Waals surface area contributed by atoms with E-state index in [9.17, 15) is 18.0 Å². The van der Waals surface area contributed by atoms with Gasteiger partial charge < -0.3 is 15.0 Å². The summed E-state index contributed by atoms with van der Waals surface area (Å²) in [5.74, 6) is 0.196. The lowest BCUT2D eigenvalue weighted by Crippen LogP contribution is -2.42. The quantitative estimate of drug-likeness (QED) is 0.793. The van der Waals surface area contributed by atoms with Gasteiger partial charge in [0.25, 0.3) is 0 Å². The minimum absolute atomic E-state index is 0.0561. The number of alkyl halides is 3. The number of amides is 1. The van der Waals surface area contributed by atoms with Crippen LogP contribution in [-0.2, 0) is 10.9 Å². The van der Waals surface area contributed by atoms with Gasteiger partial charge in [-0.1, -0.05) is 11.6 Å². The number of hydrogen-bond donors (Lipinski definition) is 1. The maximum absolute atomic E-state index is 12.7. The van der Waals surface area contributed by atoms with E-state index < -0.39 is 17.3 Å². The molecule has 3 atom stereocenters. The zero-order valence-corrected chi connectivity index (χ0v) is 15.5. The Morgan fingerprint density at radius 1 is 1.35 bits per heavy atom. The zero-order chi connectivity index (χ0) is 19.3. The molecule has 144 valence electrons. The predicted octanol–water partition coefficient (Wildman–Crippen LogP) is 4.71. The van der Waals surface area contributed by atoms with Gasteiger partial charge in [-0.3, -0.25) is 0 Å². The summed E-state index contributed by atoms with van der Waals surface area (Å²) < 4.78 is 43.6. The van der Waals surface area contributed by atoms with Crippen molar-refractivity contribution < 1.29 is 22.7 Å². The molecule has 1 aromatic heterocycles. The number of carbonyl (C=O) groups is 1. The predicted molar refractivity (Wildman–Crippen MR) is 91.2 cm³/mol. The number of ether oxygens (including phenoxy) is 1. The van der Waals surface area contributed by atoms with Crippen LogP contribution in [0.4, 0.5) is 23.8 Å². The number of fused-ring (bicyclic) bond motifs is 2. The van der Waals surface area contributed by atoms with E-state index in [1.54, 1.807) is 4.90 Å². The van der Waals surface area contributed by atoms with Crippen LogP contribution < -0.4 is 5.32 Å². The van der Waals surface area contributed by atoms with Crippen molar-refractivity contribution in [2.45, 2.75) is 69.9 Å². The summed E-state index contributed by atoms with van der Waals surface area (Å²) >= 11 is 5.97. The van der Waals surface area contributed by atoms with Gasteiger partial charge in [-0.15, -0.1) is 0 Å². The van der Waals surface area contributed by atoms with Crippen LogP contribution in [0.25, 0.3) is 0 Å². The molecule has 0 aliphatic carbocycles. The van der Waals surface area contributed by atoms with Gasteiger partial charge in [-0.05, 0) is 46.1 Å². The molecule has 3 unspecified atom stereocenters. The van der Waals surface area contributed by atoms with Crippen molar-refractivity contribution in [3.63, 3.8) is 0 Å². The van der Waals surface area contributed by atoms with Crippen molar-refractivity contribution in [3.05, 3.63) is 22.8 Å². The Bertz CT molecular complexity index is 705. The minimum Gasteiger partial charge on any atom is -0.444 e. The summed E-state index contributed by atoms with van der Waals surface area (Å²) in [5, 5.41) is 3.02. The van der Waals surface area contributed by atoms with Crippen LogP contribution in [0.3, 0.4) is 0 Å². The molecule has 0 aromatic carbocycles. The highest BCUT2D eigenvalue weighted by Gasteiger charge is 2.50. The summed E-state index contributed by atoms with van der Waals surface area (Å²) in [6.07, 6.45) is -1.72. The smallest absolute Gasteiger partial charge is 0.417 e. The van der Waals surface area contributed by atoms with Crippen molar-refractivity contribution >= 4 is 23.5 Å². The number of halogens is 4. The van der Waals surface area contributed by atoms with Crippen LogP contribution in [0.5, 0.6) is 0 Å². The first-order valence-corrected chi connectivity index (χ1v) is 8.84. The van der Waals surface area contributed by atoms with Gasteiger partial charge in [0.05, 0.1) is 22.7 Å². The highest BCUT2D eigenvalue weighted by Crippen LogP contribution is 2.41. The van der Waals surface area contributed by atoms with E-state index >= 15 is 0 Å². The van der Waals surface area contributed by atoms with E-state index in [0.29, 0.717) is 6.42 Å². The number of nitrogens with zero attached hydrogens (tertiary/aromatic N) is 2. The number of pyridine rings is 1. The first-order valence-electron chi connectivity index (χ1n) is 8.46. The molecule has 1 aromatic rings. The number of hydrogen-bond acceptors (Lipinski definition) is 4. The average molecular weight is 392 g/mol. The maximum Gasteiger partial charge on any atom is 0.417 e. The zero-order valence-electron chi connectivity index (χ0n) is 14.7. The highest BCUT2D eigenvalue weighted by atomic mass is 35.5. The van der Waals surface area contributed by atoms with Gasteiger partial charge in [0.1, 0.15) is 11.4 Å². The van der Waals surface area contributed by atoms with Crippen LogP contribution in [-0.4, -0.2) is 39.7 Å². The third-order valence-corrected chi connectivity index (χ3v) is 4.92. The Hall–Kier alpha value is -1.70. The normalized spacial score (nSPS) is 25.5. The first-order chi connectivity index (χ1) is 12.0. The molecule has 0 radical (unpaired) electrons. The molecule has 0 saturated carbocycles. The van der Waals surface area contributed by atoms with Gasteiger partial charge >= 0.3 is 12.3 Å². The molecule has 2 saturated heterocycles. The number of rotatable bonds is 2. The van der Waals surface area contributed by atoms with Crippen LogP contribution >= 0.6 is 11.6 Å². The Kier molecular flexibility index (Phi) is 4.75. The van der Waals surface area contributed by atoms with Crippen molar-refractivity contribution in [1.29, 1.82) is 0 Å². The van der Waals surface area contributed by atoms with E-state index in [1.807, 2.05) is 20.8 Å². The van der Waals surface area contributed by atoms with E-state index in [1.165, 1.54) is 0 Å². The fourth-order valence-corrected chi connectivity index (χ4v) is 3.84. The summed E-state index contributed by atoms with van der Waals surface area (Å²) in [6, 6.07) is 0.703. The van der Waals surface area contributed by atoms with E-state index in [4.69, 9.17) is 16.3 Å². The van der Waals surface area contributed by atoms with Crippen LogP contribution in [0, 0.1) is 0 Å². The van der Waals surface area contributed by atoms with Crippen LogP contribution in [0.15, 0.2) is 12.3 Å². The lowest BCUT2D eigenvalue weighted by molar-refractivity contribution is -0.137. The van der Waals surface area contributed by atoms with E-state index in [0.717, 1.165) is 25.1 Å². The lowest BCUT2D eigenvalue weighted by atomic mass is 9.95. The molecule has 9 heteroatoms. The molecule has 2 aliphatic heterocycles. The number of anilines is 1. The molecule has 2 aliphatic rings. The molecule has 3 rings (SSSR count). The average Bonchev–Trinajstić information content (AvgIpc) is 3.04. The molecule has 1 amide bonds. The van der Waals surface area contributed by atoms with Gasteiger partial charge in [-0.25, -0.2) is 9.78 Å². The highest BCUT2D eigenvalue weighted by molar-refractivity contribution is 6.33. The Morgan fingerprint density at radius 2 is 2.04 bits per heavy atom. The van der Waals surface area contributed by atoms with Crippen molar-refractivity contribution in [1.82, 2.24) is 9.88 Å². The summed E-state index contributed by atoms with van der Waals surface area (Å²) in [4.78, 5) is 18.0. The Labute approximate surface area is 154 Å². The third-order valence-electron chi connectivity index (χ3n) is 4.63. The third kappa shape index (κ3) is 3.84. The topological polar surface area (TPSA) is 54.5 Å². The lowest BCUT2D eigenvalue weighted by Gasteiger charge is -2.28. The largest absolute Gasteiger partial charge is 0.444 e. The fourth-order valence-electron chi connectivity index (χ4n) is 3.62. The molecule has 3 heterocycles. The number of carbonyl (C=O) groups excluding carboxylic acids is 1. The monoisotopic (exact) mass is 391 g/mol. The first kappa shape index (κ1) is 19.1. The summed E-state index contributed by atoms with van der Waals surface area (Å²) in [5.41, 5.74) is -1.48. The van der Waals surface area contributed by atoms with E-state index in [-0.39, 0.29) is 35.1 Å². The van der Waals surface area contributed by atoms with Crippen molar-refractivity contribution in [2.24, 2.45) is 0 Å². The Balaban J connectivity index is 1.72. The molecule has 5 nitrogen and oxygen atoms in total. The second-order valence-corrected chi connectivity index (χ2v) is 8.13. The van der Waals surface area contributed by atoms with E-state index in [2.05, 4.69) is 10.3 Å². The van der Waals surface area contributed by atoms with Crippen molar-refractivity contribution in [2.75, 3.05) is 5.32 Å². The molecule has 26 heavy (non-hydrogen) atoms. The fraction of sp³-hybridized carbons (Fsp3) is 0.647. The number of aromatic nitrogens is 1. The van der Waals surface area contributed by atoms with Gasteiger partial charge in [0, 0.05) is 12.2 Å². The summed E-state index contributed by atoms with van der Waals surface area (Å²) in [7, 11) is 0.